The number of nitrogens with two attached hydrogens (primary N) is 1. The Balaban J connectivity index is 0. The molecule has 1 nitrogen and oxygen atoms in total. The molecule has 0 aromatic heterocycles. The lowest BCUT2D eigenvalue weighted by Crippen LogP contribution is -1.69. The van der Waals surface area contributed by atoms with Crippen LogP contribution in [0, 0.1) is 6.92 Å². The van der Waals surface area contributed by atoms with Crippen molar-refractivity contribution in [3.8, 4) is 0 Å². The first-order valence-electron chi connectivity index (χ1n) is 1.28. The minimum atomic E-state index is 1.50. The van der Waals surface area contributed by atoms with Gasteiger partial charge in [-0.2, -0.15) is 0 Å². The second kappa shape index (κ2) is 7110. The van der Waals surface area contributed by atoms with Gasteiger partial charge in [-0.3, -0.25) is 0 Å². The Hall–Kier alpha value is -0.0400. The molecule has 4 heavy (non-hydrogen) atoms. The Kier molecular flexibility index (Phi) is 16000. The van der Waals surface area contributed by atoms with E-state index in [2.05, 4.69) is 12.7 Å². The summed E-state index contributed by atoms with van der Waals surface area (Å²) in [5, 5.41) is 0. The van der Waals surface area contributed by atoms with E-state index in [1.54, 1.807) is 6.92 Å². The molecule has 2 N–H and O–H groups in total. The molecule has 0 aromatic rings. The molecule has 0 aliphatic carbocycles. The van der Waals surface area contributed by atoms with Gasteiger partial charge in [-0.15, -0.1) is 0 Å². The second-order valence-corrected chi connectivity index (χ2v) is 0. The summed E-state index contributed by atoms with van der Waals surface area (Å²) in [5.74, 6) is 0. The van der Waals surface area contributed by atoms with Crippen molar-refractivity contribution < 1.29 is 0 Å². The first-order chi connectivity index (χ1) is 2.00. The van der Waals surface area contributed by atoms with Crippen molar-refractivity contribution in [2.75, 3.05) is 7.05 Å². The third-order valence-electron chi connectivity index (χ3n) is 0. The van der Waals surface area contributed by atoms with E-state index in [0.717, 1.165) is 0 Å². The number of rotatable bonds is 0. The maximum absolute atomic E-state index is 4.50. The molecule has 0 bridgehead atoms. The molecule has 0 unspecified atom stereocenters. The maximum atomic E-state index is 4.50. The van der Waals surface area contributed by atoms with Crippen LogP contribution < -0.4 is 5.73 Å². The molecule has 0 heterocycles. The summed E-state index contributed by atoms with van der Waals surface area (Å²) in [7, 11) is 1.50. The van der Waals surface area contributed by atoms with E-state index >= 15 is 0 Å². The van der Waals surface area contributed by atoms with Gasteiger partial charge in [0.15, 0.2) is 0 Å². The van der Waals surface area contributed by atoms with E-state index in [1.165, 1.54) is 7.05 Å². The zero-order valence-electron chi connectivity index (χ0n) is 3.28. The lowest BCUT2D eigenvalue weighted by atomic mass is 11.0. The van der Waals surface area contributed by atoms with Crippen molar-refractivity contribution in [1.29, 1.82) is 0 Å². The van der Waals surface area contributed by atoms with Crippen LogP contribution in [0.4, 0.5) is 0 Å². The monoisotopic (exact) mass is 60.1 g/mol. The van der Waals surface area contributed by atoms with E-state index in [9.17, 15) is 0 Å². The Bertz CT molecular complexity index is 3.25. The van der Waals surface area contributed by atoms with Crippen LogP contribution in [0.3, 0.4) is 0 Å². The van der Waals surface area contributed by atoms with Gasteiger partial charge in [0, 0.05) is 0 Å². The largest absolute Gasteiger partial charge is 0.333 e. The fourth-order valence-corrected chi connectivity index (χ4v) is 0. The molecule has 0 aliphatic heterocycles. The highest BCUT2D eigenvalue weighted by molar-refractivity contribution is 3.94. The van der Waals surface area contributed by atoms with Crippen molar-refractivity contribution in [3.05, 3.63) is 6.92 Å². The molecule has 0 rings (SSSR count). The molecule has 1 heteroatoms. The highest BCUT2D eigenvalue weighted by atomic mass is 14.4. The predicted molar refractivity (Wildman–Crippen MR) is 21.1 cm³/mol. The Labute approximate surface area is 27.8 Å². The molecule has 0 amide bonds. The van der Waals surface area contributed by atoms with E-state index in [-0.39, 0.29) is 0 Å². The van der Waals surface area contributed by atoms with Gasteiger partial charge < -0.3 is 5.73 Å². The average molecular weight is 60.1 g/mol. The predicted octanol–water partition coefficient (Wildman–Crippen LogP) is 0.415. The summed E-state index contributed by atoms with van der Waals surface area (Å²) in [6, 6.07) is 0. The third kappa shape index (κ3) is 1130. The summed E-state index contributed by atoms with van der Waals surface area (Å²) in [6.45, 7) is 5.00. The molecule has 0 saturated carbocycles. The minimum absolute atomic E-state index is 1.50. The molecule has 0 saturated heterocycles. The lowest BCUT2D eigenvalue weighted by molar-refractivity contribution is 1.48. The summed E-state index contributed by atoms with van der Waals surface area (Å²) >= 11 is 0. The Morgan fingerprint density at radius 2 is 1.25 bits per heavy atom. The van der Waals surface area contributed by atoms with Crippen LogP contribution >= 0.6 is 0 Å². The smallest absolute Gasteiger partial charge is 0.0195 e. The zero-order valence-corrected chi connectivity index (χ0v) is 3.28. The molecular formula is C3H10N. The lowest BCUT2D eigenvalue weighted by Gasteiger charge is -1.19. The molecule has 1 radical (unpaired) electrons. The van der Waals surface area contributed by atoms with Gasteiger partial charge in [-0.05, 0) is 7.05 Å². The van der Waals surface area contributed by atoms with E-state index in [1.807, 2.05) is 0 Å². The summed E-state index contributed by atoms with van der Waals surface area (Å²) in [4.78, 5) is 0. The molecule has 0 fully saturated rings. The fraction of sp³-hybridized carbons (Fsp3) is 0.667. The highest BCUT2D eigenvalue weighted by Gasteiger charge is 0.939. The SMILES string of the molecule is CN.[CH2]C. The summed E-state index contributed by atoms with van der Waals surface area (Å²) in [6.07, 6.45) is 0. The van der Waals surface area contributed by atoms with Crippen LogP contribution in [0.15, 0.2) is 0 Å². The van der Waals surface area contributed by atoms with Crippen LogP contribution in [0.25, 0.3) is 0 Å². The van der Waals surface area contributed by atoms with E-state index in [0.29, 0.717) is 0 Å². The van der Waals surface area contributed by atoms with Crippen LogP contribution in [0.2, 0.25) is 0 Å². The first kappa shape index (κ1) is 9.03. The normalized spacial score (nSPS) is 3.00. The Morgan fingerprint density at radius 1 is 1.25 bits per heavy atom. The number of hydrogen-bond donors (Lipinski definition) is 1. The standard InChI is InChI=1S/C2H5.CH5N/c2*1-2/h1H2,2H3;2H2,1H3. The van der Waals surface area contributed by atoms with E-state index < -0.39 is 0 Å². The topological polar surface area (TPSA) is 26.0 Å². The van der Waals surface area contributed by atoms with Gasteiger partial charge in [0.2, 0.25) is 0 Å². The van der Waals surface area contributed by atoms with Crippen molar-refractivity contribution in [2.24, 2.45) is 5.73 Å². The summed E-state index contributed by atoms with van der Waals surface area (Å²) in [5.41, 5.74) is 4.50. The van der Waals surface area contributed by atoms with Gasteiger partial charge >= 0.3 is 0 Å². The molecular weight excluding hydrogens is 50.0 g/mol. The van der Waals surface area contributed by atoms with Crippen molar-refractivity contribution in [1.82, 2.24) is 0 Å². The minimum Gasteiger partial charge on any atom is -0.333 e. The van der Waals surface area contributed by atoms with Gasteiger partial charge in [-0.1, -0.05) is 13.8 Å². The second-order valence-electron chi connectivity index (χ2n) is 0. The van der Waals surface area contributed by atoms with Gasteiger partial charge in [0.25, 0.3) is 0 Å². The van der Waals surface area contributed by atoms with Gasteiger partial charge in [0.1, 0.15) is 0 Å². The van der Waals surface area contributed by atoms with Crippen LogP contribution in [0.5, 0.6) is 0 Å². The summed E-state index contributed by atoms with van der Waals surface area (Å²) < 4.78 is 0. The molecule has 27 valence electrons. The number of hydrogen-bond acceptors (Lipinski definition) is 1. The van der Waals surface area contributed by atoms with Gasteiger partial charge in [0.05, 0.1) is 0 Å². The highest BCUT2D eigenvalue weighted by Crippen LogP contribution is 1.11. The van der Waals surface area contributed by atoms with Crippen molar-refractivity contribution >= 4 is 0 Å². The molecule has 0 spiro atoms. The third-order valence-corrected chi connectivity index (χ3v) is 0. The average Bonchev–Trinajstić information content (AvgIpc) is 1.50. The van der Waals surface area contributed by atoms with Crippen LogP contribution in [-0.4, -0.2) is 7.05 Å². The van der Waals surface area contributed by atoms with Crippen LogP contribution in [-0.2, 0) is 0 Å². The van der Waals surface area contributed by atoms with Gasteiger partial charge in [-0.25, -0.2) is 0 Å². The zero-order chi connectivity index (χ0) is 4.00. The first-order valence-corrected chi connectivity index (χ1v) is 1.28. The molecule has 0 aromatic carbocycles. The quantitative estimate of drug-likeness (QED) is 0.430. The fourth-order valence-electron chi connectivity index (χ4n) is 0. The molecule has 0 atom stereocenters. The molecule has 0 aliphatic rings. The van der Waals surface area contributed by atoms with Crippen LogP contribution in [0.1, 0.15) is 6.92 Å². The Morgan fingerprint density at radius 3 is 1.25 bits per heavy atom. The van der Waals surface area contributed by atoms with E-state index in [4.69, 9.17) is 0 Å². The maximum Gasteiger partial charge on any atom is -0.0195 e. The van der Waals surface area contributed by atoms with Crippen molar-refractivity contribution in [3.63, 3.8) is 0 Å². The van der Waals surface area contributed by atoms with Crippen molar-refractivity contribution in [2.45, 2.75) is 6.92 Å².